The van der Waals surface area contributed by atoms with E-state index in [1.165, 1.54) is 41.0 Å². The molecule has 3 aromatic carbocycles. The van der Waals surface area contributed by atoms with Crippen LogP contribution in [0.5, 0.6) is 23.0 Å². The molecule has 7 rings (SSSR count). The zero-order valence-corrected chi connectivity index (χ0v) is 27.3. The number of hydrogen-bond acceptors (Lipinski definition) is 9. The molecule has 0 aliphatic carbocycles. The molecule has 0 unspecified atom stereocenters. The summed E-state index contributed by atoms with van der Waals surface area (Å²) in [5, 5.41) is 6.67. The van der Waals surface area contributed by atoms with E-state index in [-0.39, 0.29) is 22.7 Å². The number of ether oxygens (including phenoxy) is 4. The second-order valence-electron chi connectivity index (χ2n) is 11.9. The first-order chi connectivity index (χ1) is 24.4. The van der Waals surface area contributed by atoms with Gasteiger partial charge in [-0.05, 0) is 67.6 Å². The molecule has 1 fully saturated rings. The van der Waals surface area contributed by atoms with Gasteiger partial charge in [0.15, 0.2) is 11.6 Å². The number of nitrogens with zero attached hydrogens (tertiary/aromatic N) is 3. The maximum atomic E-state index is 15.5. The first kappa shape index (κ1) is 33.0. The maximum absolute atomic E-state index is 15.5. The topological polar surface area (TPSA) is 116 Å². The molecule has 258 valence electrons. The van der Waals surface area contributed by atoms with Gasteiger partial charge in [0.05, 0.1) is 38.1 Å². The lowest BCUT2D eigenvalue weighted by molar-refractivity contribution is 0.0378. The molecular formula is C37H35F2N5O6. The number of morpholine rings is 1. The summed E-state index contributed by atoms with van der Waals surface area (Å²) < 4.78 is 53.0. The largest absolute Gasteiger partial charge is 0.495 e. The highest BCUT2D eigenvalue weighted by Crippen LogP contribution is 2.37. The zero-order valence-electron chi connectivity index (χ0n) is 27.3. The normalized spacial score (nSPS) is 14.2. The molecule has 2 aliphatic rings. The molecule has 0 spiro atoms. The molecule has 1 saturated heterocycles. The van der Waals surface area contributed by atoms with Gasteiger partial charge in [0.2, 0.25) is 0 Å². The lowest BCUT2D eigenvalue weighted by Crippen LogP contribution is -2.37. The van der Waals surface area contributed by atoms with Crippen LogP contribution in [0, 0.1) is 11.6 Å². The summed E-state index contributed by atoms with van der Waals surface area (Å²) in [6, 6.07) is 14.6. The highest BCUT2D eigenvalue weighted by atomic mass is 19.1. The van der Waals surface area contributed by atoms with Crippen molar-refractivity contribution in [3.05, 3.63) is 106 Å². The van der Waals surface area contributed by atoms with Crippen molar-refractivity contribution >= 4 is 28.2 Å². The van der Waals surface area contributed by atoms with Crippen molar-refractivity contribution in [3.8, 4) is 28.7 Å². The third-order valence-electron chi connectivity index (χ3n) is 8.69. The number of halogens is 2. The summed E-state index contributed by atoms with van der Waals surface area (Å²) in [7, 11) is 1.58. The van der Waals surface area contributed by atoms with Gasteiger partial charge in [-0.3, -0.25) is 24.0 Å². The Morgan fingerprint density at radius 1 is 0.980 bits per heavy atom. The molecule has 2 aliphatic heterocycles. The molecule has 5 aromatic rings. The minimum Gasteiger partial charge on any atom is -0.495 e. The Bertz CT molecular complexity index is 2100. The van der Waals surface area contributed by atoms with Crippen molar-refractivity contribution in [2.45, 2.75) is 12.8 Å². The molecule has 0 bridgehead atoms. The van der Waals surface area contributed by atoms with Crippen LogP contribution < -0.4 is 30.4 Å². The Morgan fingerprint density at radius 2 is 1.80 bits per heavy atom. The summed E-state index contributed by atoms with van der Waals surface area (Å²) in [5.41, 5.74) is 1.69. The number of aromatic nitrogens is 2. The summed E-state index contributed by atoms with van der Waals surface area (Å²) in [6.07, 6.45) is 4.60. The lowest BCUT2D eigenvalue weighted by Gasteiger charge is -2.26. The number of fused-ring (bicyclic) bond motifs is 2. The molecular weight excluding hydrogens is 648 g/mol. The molecule has 2 N–H and O–H groups in total. The second-order valence-corrected chi connectivity index (χ2v) is 11.9. The summed E-state index contributed by atoms with van der Waals surface area (Å²) >= 11 is 0. The lowest BCUT2D eigenvalue weighted by atomic mass is 10.1. The van der Waals surface area contributed by atoms with Gasteiger partial charge in [-0.25, -0.2) is 8.78 Å². The van der Waals surface area contributed by atoms with Crippen LogP contribution in [0.3, 0.4) is 0 Å². The highest BCUT2D eigenvalue weighted by molar-refractivity contribution is 6.06. The molecule has 13 heteroatoms. The van der Waals surface area contributed by atoms with Gasteiger partial charge in [0, 0.05) is 66.8 Å². The van der Waals surface area contributed by atoms with Gasteiger partial charge in [0.1, 0.15) is 28.6 Å². The minimum atomic E-state index is -0.768. The number of amides is 1. The molecule has 2 aromatic heterocycles. The molecule has 0 radical (unpaired) electrons. The molecule has 0 saturated carbocycles. The fraction of sp³-hybridized carbons (Fsp3) is 0.270. The molecule has 11 nitrogen and oxygen atoms in total. The van der Waals surface area contributed by atoms with Gasteiger partial charge in [-0.15, -0.1) is 0 Å². The van der Waals surface area contributed by atoms with Crippen LogP contribution >= 0.6 is 0 Å². The first-order valence-electron chi connectivity index (χ1n) is 16.3. The SMILES string of the molecule is COc1cc2c(Oc3ccc(NC(=O)c4c5c(cn(-c6ccc(F)cc6)c4=O)CCO5)cc3F)ccnc2cc1NCCCN1CCOCC1. The van der Waals surface area contributed by atoms with Crippen LogP contribution in [0.1, 0.15) is 22.3 Å². The molecule has 4 heterocycles. The van der Waals surface area contributed by atoms with Crippen LogP contribution in [-0.2, 0) is 11.2 Å². The van der Waals surface area contributed by atoms with Crippen molar-refractivity contribution < 1.29 is 32.5 Å². The van der Waals surface area contributed by atoms with Gasteiger partial charge in [-0.1, -0.05) is 0 Å². The summed E-state index contributed by atoms with van der Waals surface area (Å²) in [6.45, 7) is 5.43. The van der Waals surface area contributed by atoms with E-state index in [9.17, 15) is 14.0 Å². The Balaban J connectivity index is 1.07. The first-order valence-corrected chi connectivity index (χ1v) is 16.3. The standard InChI is InChI=1S/C37H35F2N5O6/c1-47-33-20-27-29(21-30(33)40-11-2-13-43-14-17-48-18-15-43)41-12-9-31(27)50-32-8-5-25(19-28(32)39)42-36(45)34-35-23(10-16-49-35)22-44(37(34)46)26-6-3-24(38)4-7-26/h3-9,12,19-22,40H,2,10-11,13-18H2,1H3,(H,42,45). The van der Waals surface area contributed by atoms with Crippen LogP contribution in [0.25, 0.3) is 16.6 Å². The number of pyridine rings is 2. The predicted octanol–water partition coefficient (Wildman–Crippen LogP) is 5.79. The van der Waals surface area contributed by atoms with Crippen molar-refractivity contribution in [2.75, 3.05) is 63.7 Å². The van der Waals surface area contributed by atoms with Crippen LogP contribution in [-0.4, -0.2) is 73.5 Å². The van der Waals surface area contributed by atoms with E-state index in [0.717, 1.165) is 57.6 Å². The van der Waals surface area contributed by atoms with Gasteiger partial charge in [0.25, 0.3) is 11.5 Å². The van der Waals surface area contributed by atoms with Crippen molar-refractivity contribution in [1.82, 2.24) is 14.5 Å². The van der Waals surface area contributed by atoms with Crippen LogP contribution in [0.4, 0.5) is 20.2 Å². The number of carbonyl (C=O) groups is 1. The summed E-state index contributed by atoms with van der Waals surface area (Å²) in [5.74, 6) is -0.911. The number of carbonyl (C=O) groups excluding carboxylic acids is 1. The highest BCUT2D eigenvalue weighted by Gasteiger charge is 2.27. The summed E-state index contributed by atoms with van der Waals surface area (Å²) in [4.78, 5) is 33.8. The Kier molecular flexibility index (Phi) is 9.58. The van der Waals surface area contributed by atoms with Crippen molar-refractivity contribution in [3.63, 3.8) is 0 Å². The quantitative estimate of drug-likeness (QED) is 0.167. The van der Waals surface area contributed by atoms with E-state index < -0.39 is 23.1 Å². The maximum Gasteiger partial charge on any atom is 0.271 e. The number of nitrogens with one attached hydrogen (secondary N) is 2. The minimum absolute atomic E-state index is 0.0811. The fourth-order valence-corrected chi connectivity index (χ4v) is 6.12. The fourth-order valence-electron chi connectivity index (χ4n) is 6.12. The average molecular weight is 684 g/mol. The number of benzene rings is 3. The second kappa shape index (κ2) is 14.5. The number of anilines is 2. The third kappa shape index (κ3) is 6.96. The van der Waals surface area contributed by atoms with E-state index in [4.69, 9.17) is 18.9 Å². The molecule has 1 amide bonds. The monoisotopic (exact) mass is 683 g/mol. The van der Waals surface area contributed by atoms with Gasteiger partial charge < -0.3 is 29.6 Å². The van der Waals surface area contributed by atoms with Crippen molar-refractivity contribution in [2.24, 2.45) is 0 Å². The van der Waals surface area contributed by atoms with Gasteiger partial charge >= 0.3 is 0 Å². The predicted molar refractivity (Wildman–Crippen MR) is 184 cm³/mol. The Labute approximate surface area is 286 Å². The smallest absolute Gasteiger partial charge is 0.271 e. The van der Waals surface area contributed by atoms with Crippen molar-refractivity contribution in [1.29, 1.82) is 0 Å². The Hall–Kier alpha value is -5.53. The van der Waals surface area contributed by atoms with Crippen LogP contribution in [0.2, 0.25) is 0 Å². The van der Waals surface area contributed by atoms with E-state index in [0.29, 0.717) is 46.7 Å². The Morgan fingerprint density at radius 3 is 2.58 bits per heavy atom. The van der Waals surface area contributed by atoms with Crippen LogP contribution in [0.15, 0.2) is 77.9 Å². The number of rotatable bonds is 11. The third-order valence-corrected chi connectivity index (χ3v) is 8.69. The van der Waals surface area contributed by atoms with E-state index in [1.54, 1.807) is 31.6 Å². The number of hydrogen-bond donors (Lipinski definition) is 2. The van der Waals surface area contributed by atoms with E-state index in [1.807, 2.05) is 6.07 Å². The van der Waals surface area contributed by atoms with E-state index in [2.05, 4.69) is 20.5 Å². The van der Waals surface area contributed by atoms with E-state index >= 15 is 4.39 Å². The molecule has 0 atom stereocenters. The average Bonchev–Trinajstić information content (AvgIpc) is 3.59. The zero-order chi connectivity index (χ0) is 34.6. The molecule has 50 heavy (non-hydrogen) atoms. The number of methoxy groups -OCH3 is 1. The van der Waals surface area contributed by atoms with Gasteiger partial charge in [-0.2, -0.15) is 0 Å².